The zero-order valence-corrected chi connectivity index (χ0v) is 13.3. The van der Waals surface area contributed by atoms with Gasteiger partial charge in [-0.05, 0) is 24.8 Å². The van der Waals surface area contributed by atoms with E-state index in [0.717, 1.165) is 54.1 Å². The van der Waals surface area contributed by atoms with Crippen molar-refractivity contribution in [1.82, 2.24) is 24.6 Å². The monoisotopic (exact) mass is 288 g/mol. The van der Waals surface area contributed by atoms with E-state index in [1.54, 1.807) is 0 Å². The van der Waals surface area contributed by atoms with Gasteiger partial charge in [0, 0.05) is 20.6 Å². The molecule has 1 aliphatic rings. The summed E-state index contributed by atoms with van der Waals surface area (Å²) in [4.78, 5) is 11.8. The minimum Gasteiger partial charge on any atom is -0.372 e. The van der Waals surface area contributed by atoms with Gasteiger partial charge < -0.3 is 5.32 Å². The van der Waals surface area contributed by atoms with Crippen molar-refractivity contribution >= 4 is 16.9 Å². The summed E-state index contributed by atoms with van der Waals surface area (Å²) >= 11 is 0. The van der Waals surface area contributed by atoms with Crippen molar-refractivity contribution < 1.29 is 0 Å². The highest BCUT2D eigenvalue weighted by molar-refractivity contribution is 5.86. The lowest BCUT2D eigenvalue weighted by Crippen LogP contribution is -2.23. The van der Waals surface area contributed by atoms with Crippen LogP contribution in [0.25, 0.3) is 11.0 Å². The average Bonchev–Trinajstić information content (AvgIpc) is 3.06. The predicted octanol–water partition coefficient (Wildman–Crippen LogP) is 1.88. The highest BCUT2D eigenvalue weighted by atomic mass is 15.3. The molecule has 3 rings (SSSR count). The first-order valence-corrected chi connectivity index (χ1v) is 7.67. The van der Waals surface area contributed by atoms with Crippen LogP contribution in [0.1, 0.15) is 26.1 Å². The third-order valence-electron chi connectivity index (χ3n) is 4.49. The molecule has 6 nitrogen and oxygen atoms in total. The van der Waals surface area contributed by atoms with Gasteiger partial charge >= 0.3 is 0 Å². The Balaban J connectivity index is 1.83. The Labute approximate surface area is 125 Å². The van der Waals surface area contributed by atoms with Gasteiger partial charge in [0.15, 0.2) is 5.65 Å². The Morgan fingerprint density at radius 1 is 1.38 bits per heavy atom. The van der Waals surface area contributed by atoms with Crippen LogP contribution in [0.5, 0.6) is 0 Å². The molecule has 2 aromatic heterocycles. The number of likely N-dealkylation sites (tertiary alicyclic amines) is 1. The second-order valence-electron chi connectivity index (χ2n) is 6.27. The molecule has 0 bridgehead atoms. The van der Waals surface area contributed by atoms with Crippen LogP contribution >= 0.6 is 0 Å². The normalized spacial score (nSPS) is 19.8. The molecule has 2 aromatic rings. The molecule has 0 spiro atoms. The van der Waals surface area contributed by atoms with Gasteiger partial charge in [-0.2, -0.15) is 5.10 Å². The average molecular weight is 288 g/mol. The summed E-state index contributed by atoms with van der Waals surface area (Å²) in [5.41, 5.74) is 0.893. The SMILES string of the molecule is CNc1nc(CN2CCC(C(C)C)C2)nc2c1cnn2C. The van der Waals surface area contributed by atoms with Crippen LogP contribution in [0.3, 0.4) is 0 Å². The van der Waals surface area contributed by atoms with E-state index in [1.165, 1.54) is 6.42 Å². The largest absolute Gasteiger partial charge is 0.372 e. The van der Waals surface area contributed by atoms with E-state index >= 15 is 0 Å². The van der Waals surface area contributed by atoms with Crippen LogP contribution in [0, 0.1) is 11.8 Å². The van der Waals surface area contributed by atoms with E-state index in [9.17, 15) is 0 Å². The van der Waals surface area contributed by atoms with Crippen molar-refractivity contribution in [3.05, 3.63) is 12.0 Å². The molecule has 1 unspecified atom stereocenters. The second-order valence-corrected chi connectivity index (χ2v) is 6.27. The minimum atomic E-state index is 0.753. The molecule has 1 atom stereocenters. The third kappa shape index (κ3) is 2.72. The number of anilines is 1. The maximum absolute atomic E-state index is 4.68. The zero-order valence-electron chi connectivity index (χ0n) is 13.3. The van der Waals surface area contributed by atoms with Crippen molar-refractivity contribution in [3.63, 3.8) is 0 Å². The van der Waals surface area contributed by atoms with Crippen LogP contribution in [0.2, 0.25) is 0 Å². The van der Waals surface area contributed by atoms with E-state index in [-0.39, 0.29) is 0 Å². The second kappa shape index (κ2) is 5.60. The fourth-order valence-electron chi connectivity index (χ4n) is 3.08. The fourth-order valence-corrected chi connectivity index (χ4v) is 3.08. The summed E-state index contributed by atoms with van der Waals surface area (Å²) in [6, 6.07) is 0. The molecule has 0 amide bonds. The lowest BCUT2D eigenvalue weighted by atomic mass is 9.95. The van der Waals surface area contributed by atoms with E-state index < -0.39 is 0 Å². The van der Waals surface area contributed by atoms with E-state index in [1.807, 2.05) is 25.0 Å². The molecular weight excluding hydrogens is 264 g/mol. The highest BCUT2D eigenvalue weighted by Gasteiger charge is 2.25. The number of aryl methyl sites for hydroxylation is 1. The molecule has 1 saturated heterocycles. The molecule has 0 saturated carbocycles. The summed E-state index contributed by atoms with van der Waals surface area (Å²) in [5, 5.41) is 8.40. The highest BCUT2D eigenvalue weighted by Crippen LogP contribution is 2.25. The van der Waals surface area contributed by atoms with Crippen molar-refractivity contribution in [2.75, 3.05) is 25.5 Å². The molecule has 0 aliphatic carbocycles. The number of fused-ring (bicyclic) bond motifs is 1. The smallest absolute Gasteiger partial charge is 0.163 e. The predicted molar refractivity (Wildman–Crippen MR) is 84.1 cm³/mol. The summed E-state index contributed by atoms with van der Waals surface area (Å²) in [5.74, 6) is 3.29. The van der Waals surface area contributed by atoms with E-state index in [0.29, 0.717) is 0 Å². The van der Waals surface area contributed by atoms with Crippen LogP contribution in [-0.4, -0.2) is 44.8 Å². The van der Waals surface area contributed by atoms with Crippen molar-refractivity contribution in [2.45, 2.75) is 26.8 Å². The van der Waals surface area contributed by atoms with Gasteiger partial charge in [-0.1, -0.05) is 13.8 Å². The molecule has 1 fully saturated rings. The van der Waals surface area contributed by atoms with Crippen molar-refractivity contribution in [3.8, 4) is 0 Å². The lowest BCUT2D eigenvalue weighted by molar-refractivity contribution is 0.291. The molecule has 3 heterocycles. The molecule has 6 heteroatoms. The van der Waals surface area contributed by atoms with E-state index in [2.05, 4.69) is 39.1 Å². The summed E-state index contributed by atoms with van der Waals surface area (Å²) in [6.45, 7) is 7.74. The van der Waals surface area contributed by atoms with Gasteiger partial charge in [0.25, 0.3) is 0 Å². The topological polar surface area (TPSA) is 58.9 Å². The Morgan fingerprint density at radius 3 is 2.86 bits per heavy atom. The zero-order chi connectivity index (χ0) is 15.0. The Hall–Kier alpha value is -1.69. The molecule has 0 radical (unpaired) electrons. The number of nitrogens with zero attached hydrogens (tertiary/aromatic N) is 5. The Morgan fingerprint density at radius 2 is 2.19 bits per heavy atom. The van der Waals surface area contributed by atoms with Gasteiger partial charge in [0.2, 0.25) is 0 Å². The first kappa shape index (κ1) is 14.3. The van der Waals surface area contributed by atoms with Crippen LogP contribution in [0.4, 0.5) is 5.82 Å². The summed E-state index contributed by atoms with van der Waals surface area (Å²) in [7, 11) is 3.81. The van der Waals surface area contributed by atoms with Crippen LogP contribution < -0.4 is 5.32 Å². The maximum Gasteiger partial charge on any atom is 0.163 e. The number of aromatic nitrogens is 4. The number of hydrogen-bond acceptors (Lipinski definition) is 5. The number of hydrogen-bond donors (Lipinski definition) is 1. The number of rotatable bonds is 4. The van der Waals surface area contributed by atoms with E-state index in [4.69, 9.17) is 0 Å². The third-order valence-corrected chi connectivity index (χ3v) is 4.49. The van der Waals surface area contributed by atoms with Gasteiger partial charge in [-0.3, -0.25) is 9.58 Å². The fraction of sp³-hybridized carbons (Fsp3) is 0.667. The molecule has 21 heavy (non-hydrogen) atoms. The Bertz CT molecular complexity index is 632. The summed E-state index contributed by atoms with van der Waals surface area (Å²) < 4.78 is 1.81. The van der Waals surface area contributed by atoms with Gasteiger partial charge in [0.1, 0.15) is 11.6 Å². The first-order valence-electron chi connectivity index (χ1n) is 7.67. The maximum atomic E-state index is 4.68. The molecule has 114 valence electrons. The molecule has 0 aromatic carbocycles. The molecule has 1 aliphatic heterocycles. The standard InChI is InChI=1S/C15H24N6/c1-10(2)11-5-6-21(8-11)9-13-18-14(16-3)12-7-17-20(4)15(12)19-13/h7,10-11H,5-6,8-9H2,1-4H3,(H,16,18,19). The quantitative estimate of drug-likeness (QED) is 0.931. The van der Waals surface area contributed by atoms with Gasteiger partial charge in [0.05, 0.1) is 18.1 Å². The number of nitrogens with one attached hydrogen (secondary N) is 1. The van der Waals surface area contributed by atoms with Crippen LogP contribution in [-0.2, 0) is 13.6 Å². The molecule has 1 N–H and O–H groups in total. The lowest BCUT2D eigenvalue weighted by Gasteiger charge is -2.17. The minimum absolute atomic E-state index is 0.753. The molecular formula is C15H24N6. The summed E-state index contributed by atoms with van der Waals surface area (Å²) in [6.07, 6.45) is 3.10. The van der Waals surface area contributed by atoms with Crippen molar-refractivity contribution in [1.29, 1.82) is 0 Å². The first-order chi connectivity index (χ1) is 10.1. The van der Waals surface area contributed by atoms with Gasteiger partial charge in [-0.25, -0.2) is 9.97 Å². The van der Waals surface area contributed by atoms with Gasteiger partial charge in [-0.15, -0.1) is 0 Å². The van der Waals surface area contributed by atoms with Crippen LogP contribution in [0.15, 0.2) is 6.20 Å². The van der Waals surface area contributed by atoms with Crippen molar-refractivity contribution in [2.24, 2.45) is 18.9 Å². The Kier molecular flexibility index (Phi) is 3.80.